The molecule has 0 atom stereocenters. The standard InChI is InChI=1S/C23H16N4O/c28-23-22(24-18-13-7-8-14-19(18)25-23)21-15-20(16-9-3-1-4-10-16)26-27(21)17-11-5-2-6-12-17/h1-15H,(H,25,28). The molecule has 0 radical (unpaired) electrons. The number of para-hydroxylation sites is 3. The molecule has 0 amide bonds. The van der Waals surface area contributed by atoms with Gasteiger partial charge in [-0.3, -0.25) is 4.79 Å². The van der Waals surface area contributed by atoms with Gasteiger partial charge in [-0.15, -0.1) is 0 Å². The molecule has 0 saturated carbocycles. The second kappa shape index (κ2) is 6.63. The monoisotopic (exact) mass is 364 g/mol. The normalized spacial score (nSPS) is 11.0. The fourth-order valence-electron chi connectivity index (χ4n) is 3.27. The van der Waals surface area contributed by atoms with Gasteiger partial charge >= 0.3 is 0 Å². The van der Waals surface area contributed by atoms with E-state index in [2.05, 4.69) is 9.97 Å². The molecule has 5 nitrogen and oxygen atoms in total. The molecule has 3 aromatic carbocycles. The van der Waals surface area contributed by atoms with Crippen molar-refractivity contribution in [2.24, 2.45) is 0 Å². The number of nitrogens with zero attached hydrogens (tertiary/aromatic N) is 3. The highest BCUT2D eigenvalue weighted by molar-refractivity contribution is 5.77. The average Bonchev–Trinajstić information content (AvgIpc) is 3.20. The Labute approximate surface area is 160 Å². The fraction of sp³-hybridized carbons (Fsp3) is 0. The van der Waals surface area contributed by atoms with Gasteiger partial charge in [0.15, 0.2) is 5.69 Å². The van der Waals surface area contributed by atoms with Crippen molar-refractivity contribution >= 4 is 11.0 Å². The molecule has 0 fully saturated rings. The predicted octanol–water partition coefficient (Wildman–Crippen LogP) is 4.44. The Morgan fingerprint density at radius 3 is 2.25 bits per heavy atom. The van der Waals surface area contributed by atoms with Gasteiger partial charge in [-0.05, 0) is 30.3 Å². The first-order valence-electron chi connectivity index (χ1n) is 9.00. The Bertz CT molecular complexity index is 1320. The average molecular weight is 364 g/mol. The van der Waals surface area contributed by atoms with Crippen LogP contribution < -0.4 is 5.56 Å². The molecular formula is C23H16N4O. The molecule has 2 aromatic heterocycles. The summed E-state index contributed by atoms with van der Waals surface area (Å²) in [5.74, 6) is 0. The van der Waals surface area contributed by atoms with Crippen LogP contribution in [0.4, 0.5) is 0 Å². The van der Waals surface area contributed by atoms with E-state index in [1.165, 1.54) is 0 Å². The second-order valence-corrected chi connectivity index (χ2v) is 6.46. The van der Waals surface area contributed by atoms with Crippen LogP contribution in [-0.4, -0.2) is 19.7 Å². The zero-order chi connectivity index (χ0) is 18.9. The van der Waals surface area contributed by atoms with Gasteiger partial charge in [-0.2, -0.15) is 5.10 Å². The molecule has 0 bridgehead atoms. The summed E-state index contributed by atoms with van der Waals surface area (Å²) in [6.07, 6.45) is 0. The highest BCUT2D eigenvalue weighted by Crippen LogP contribution is 2.26. The van der Waals surface area contributed by atoms with Gasteiger partial charge in [-0.25, -0.2) is 9.67 Å². The Kier molecular flexibility index (Phi) is 3.84. The first-order chi connectivity index (χ1) is 13.8. The van der Waals surface area contributed by atoms with Crippen LogP contribution in [0, 0.1) is 0 Å². The summed E-state index contributed by atoms with van der Waals surface area (Å²) in [5.41, 5.74) is 4.84. The number of H-pyrrole nitrogens is 1. The van der Waals surface area contributed by atoms with Crippen LogP contribution in [0.2, 0.25) is 0 Å². The zero-order valence-corrected chi connectivity index (χ0v) is 14.9. The number of nitrogens with one attached hydrogen (secondary N) is 1. The minimum absolute atomic E-state index is 0.240. The first kappa shape index (κ1) is 16.2. The molecule has 0 aliphatic rings. The van der Waals surface area contributed by atoms with Crippen molar-refractivity contribution in [3.63, 3.8) is 0 Å². The summed E-state index contributed by atoms with van der Waals surface area (Å²) in [7, 11) is 0. The van der Waals surface area contributed by atoms with E-state index < -0.39 is 0 Å². The zero-order valence-electron chi connectivity index (χ0n) is 14.9. The quantitative estimate of drug-likeness (QED) is 0.515. The lowest BCUT2D eigenvalue weighted by molar-refractivity contribution is 0.886. The molecule has 5 aromatic rings. The van der Waals surface area contributed by atoms with Crippen LogP contribution in [0.15, 0.2) is 95.8 Å². The maximum atomic E-state index is 12.8. The maximum absolute atomic E-state index is 12.8. The Morgan fingerprint density at radius 1 is 0.786 bits per heavy atom. The molecule has 0 aliphatic heterocycles. The number of hydrogen-bond acceptors (Lipinski definition) is 3. The summed E-state index contributed by atoms with van der Waals surface area (Å²) in [6.45, 7) is 0. The third-order valence-corrected chi connectivity index (χ3v) is 4.62. The molecule has 28 heavy (non-hydrogen) atoms. The summed E-state index contributed by atoms with van der Waals surface area (Å²) >= 11 is 0. The number of rotatable bonds is 3. The SMILES string of the molecule is O=c1[nH]c2ccccc2nc1-c1cc(-c2ccccc2)nn1-c1ccccc1. The van der Waals surface area contributed by atoms with Crippen molar-refractivity contribution in [1.82, 2.24) is 19.7 Å². The lowest BCUT2D eigenvalue weighted by Gasteiger charge is -2.07. The largest absolute Gasteiger partial charge is 0.319 e. The molecule has 5 rings (SSSR count). The smallest absolute Gasteiger partial charge is 0.276 e. The van der Waals surface area contributed by atoms with E-state index in [0.717, 1.165) is 22.5 Å². The number of aromatic amines is 1. The van der Waals surface area contributed by atoms with Crippen LogP contribution in [0.5, 0.6) is 0 Å². The van der Waals surface area contributed by atoms with Gasteiger partial charge in [0.1, 0.15) is 0 Å². The first-order valence-corrected chi connectivity index (χ1v) is 9.00. The molecular weight excluding hydrogens is 348 g/mol. The van der Waals surface area contributed by atoms with Crippen LogP contribution in [0.1, 0.15) is 0 Å². The minimum atomic E-state index is -0.240. The molecule has 0 aliphatic carbocycles. The third-order valence-electron chi connectivity index (χ3n) is 4.62. The van der Waals surface area contributed by atoms with Crippen LogP contribution in [0.3, 0.4) is 0 Å². The molecule has 5 heteroatoms. The Balaban J connectivity index is 1.78. The molecule has 0 spiro atoms. The second-order valence-electron chi connectivity index (χ2n) is 6.46. The molecule has 0 unspecified atom stereocenters. The van der Waals surface area contributed by atoms with Crippen molar-refractivity contribution < 1.29 is 0 Å². The van der Waals surface area contributed by atoms with E-state index in [-0.39, 0.29) is 5.56 Å². The van der Waals surface area contributed by atoms with Crippen molar-refractivity contribution in [1.29, 1.82) is 0 Å². The van der Waals surface area contributed by atoms with Crippen LogP contribution >= 0.6 is 0 Å². The number of benzene rings is 3. The molecule has 134 valence electrons. The summed E-state index contributed by atoms with van der Waals surface area (Å²) < 4.78 is 1.77. The number of fused-ring (bicyclic) bond motifs is 1. The summed E-state index contributed by atoms with van der Waals surface area (Å²) in [6, 6.07) is 29.1. The van der Waals surface area contributed by atoms with E-state index in [4.69, 9.17) is 5.10 Å². The van der Waals surface area contributed by atoms with Gasteiger partial charge in [0.05, 0.1) is 28.1 Å². The van der Waals surface area contributed by atoms with Gasteiger partial charge in [0.25, 0.3) is 5.56 Å². The van der Waals surface area contributed by atoms with Gasteiger partial charge < -0.3 is 4.98 Å². The van der Waals surface area contributed by atoms with Crippen molar-refractivity contribution in [2.45, 2.75) is 0 Å². The number of hydrogen-bond donors (Lipinski definition) is 1. The van der Waals surface area contributed by atoms with E-state index in [1.54, 1.807) is 4.68 Å². The van der Waals surface area contributed by atoms with Crippen LogP contribution in [-0.2, 0) is 0 Å². The lowest BCUT2D eigenvalue weighted by atomic mass is 10.1. The van der Waals surface area contributed by atoms with Crippen molar-refractivity contribution in [2.75, 3.05) is 0 Å². The molecule has 0 saturated heterocycles. The lowest BCUT2D eigenvalue weighted by Crippen LogP contribution is -2.14. The molecule has 2 heterocycles. The highest BCUT2D eigenvalue weighted by Gasteiger charge is 2.17. The Hall–Kier alpha value is -3.99. The molecule has 1 N–H and O–H groups in total. The van der Waals surface area contributed by atoms with E-state index in [0.29, 0.717) is 16.9 Å². The summed E-state index contributed by atoms with van der Waals surface area (Å²) in [5, 5.41) is 4.77. The van der Waals surface area contributed by atoms with E-state index in [9.17, 15) is 4.79 Å². The van der Waals surface area contributed by atoms with Gasteiger partial charge in [0.2, 0.25) is 0 Å². The summed E-state index contributed by atoms with van der Waals surface area (Å²) in [4.78, 5) is 20.4. The van der Waals surface area contributed by atoms with Crippen LogP contribution in [0.25, 0.3) is 39.4 Å². The van der Waals surface area contributed by atoms with Crippen molar-refractivity contribution in [3.8, 4) is 28.3 Å². The van der Waals surface area contributed by atoms with E-state index >= 15 is 0 Å². The van der Waals surface area contributed by atoms with Gasteiger partial charge in [-0.1, -0.05) is 60.7 Å². The van der Waals surface area contributed by atoms with Crippen molar-refractivity contribution in [3.05, 3.63) is 101 Å². The topological polar surface area (TPSA) is 63.6 Å². The third kappa shape index (κ3) is 2.79. The highest BCUT2D eigenvalue weighted by atomic mass is 16.1. The van der Waals surface area contributed by atoms with E-state index in [1.807, 2.05) is 91.0 Å². The minimum Gasteiger partial charge on any atom is -0.319 e. The maximum Gasteiger partial charge on any atom is 0.276 e. The number of aromatic nitrogens is 4. The fourth-order valence-corrected chi connectivity index (χ4v) is 3.27. The Morgan fingerprint density at radius 2 is 1.46 bits per heavy atom. The van der Waals surface area contributed by atoms with Gasteiger partial charge in [0, 0.05) is 5.56 Å². The predicted molar refractivity (Wildman–Crippen MR) is 110 cm³/mol.